The predicted molar refractivity (Wildman–Crippen MR) is 84.8 cm³/mol. The van der Waals surface area contributed by atoms with E-state index in [0.29, 0.717) is 12.0 Å². The Morgan fingerprint density at radius 3 is 1.75 bits per heavy atom. The van der Waals surface area contributed by atoms with Crippen molar-refractivity contribution in [1.82, 2.24) is 5.32 Å². The quantitative estimate of drug-likeness (QED) is 0.843. The fraction of sp³-hybridized carbons (Fsp3) is 0.500. The van der Waals surface area contributed by atoms with E-state index < -0.39 is 0 Å². The molecule has 0 unspecified atom stereocenters. The maximum Gasteiger partial charge on any atom is 0.305 e. The topological polar surface area (TPSA) is 55.4 Å². The van der Waals surface area contributed by atoms with Gasteiger partial charge in [0.15, 0.2) is 0 Å². The number of benzene rings is 1. The Hall–Kier alpha value is -1.84. The summed E-state index contributed by atoms with van der Waals surface area (Å²) in [5.41, 5.74) is 0.699. The predicted octanol–water partition coefficient (Wildman–Crippen LogP) is 3.67. The number of hydrogen-bond acceptors (Lipinski definition) is 3. The Balaban J connectivity index is -0.000000250. The van der Waals surface area contributed by atoms with Crippen LogP contribution in [0, 0.1) is 0 Å². The molecular weight excluding hydrogens is 254 g/mol. The first kappa shape index (κ1) is 23.3. The fourth-order valence-corrected chi connectivity index (χ4v) is 0.878. The van der Waals surface area contributed by atoms with E-state index in [0.717, 1.165) is 0 Å². The minimum Gasteiger partial charge on any atom is -0.469 e. The van der Waals surface area contributed by atoms with E-state index in [1.165, 1.54) is 7.11 Å². The largest absolute Gasteiger partial charge is 0.469 e. The van der Waals surface area contributed by atoms with Crippen LogP contribution in [0.5, 0.6) is 0 Å². The maximum absolute atomic E-state index is 10.9. The van der Waals surface area contributed by atoms with Gasteiger partial charge >= 0.3 is 5.97 Å². The van der Waals surface area contributed by atoms with Crippen molar-refractivity contribution in [2.24, 2.45) is 0 Å². The van der Waals surface area contributed by atoms with Gasteiger partial charge in [-0.3, -0.25) is 9.59 Å². The van der Waals surface area contributed by atoms with Crippen molar-refractivity contribution in [3.05, 3.63) is 35.9 Å². The molecule has 1 aromatic carbocycles. The van der Waals surface area contributed by atoms with Gasteiger partial charge in [-0.2, -0.15) is 0 Å². The summed E-state index contributed by atoms with van der Waals surface area (Å²) < 4.78 is 4.26. The highest BCUT2D eigenvalue weighted by atomic mass is 16.5. The van der Waals surface area contributed by atoms with E-state index in [1.807, 2.05) is 45.9 Å². The number of methoxy groups -OCH3 is 1. The second-order valence-corrected chi connectivity index (χ2v) is 2.87. The van der Waals surface area contributed by atoms with Crippen molar-refractivity contribution in [3.63, 3.8) is 0 Å². The van der Waals surface area contributed by atoms with Gasteiger partial charge in [0.2, 0.25) is 0 Å². The Morgan fingerprint density at radius 2 is 1.50 bits per heavy atom. The molecule has 0 heterocycles. The SMILES string of the molecule is CC.CC.CCC(=O)OC.CNC(=O)c1ccccc1. The molecule has 1 amide bonds. The molecule has 1 aromatic rings. The molecule has 4 nitrogen and oxygen atoms in total. The lowest BCUT2D eigenvalue weighted by molar-refractivity contribution is -0.140. The normalized spacial score (nSPS) is 7.35. The number of amides is 1. The van der Waals surface area contributed by atoms with Gasteiger partial charge in [0.05, 0.1) is 7.11 Å². The summed E-state index contributed by atoms with van der Waals surface area (Å²) in [5.74, 6) is -0.199. The molecule has 0 aromatic heterocycles. The molecule has 0 aliphatic carbocycles. The van der Waals surface area contributed by atoms with Crippen LogP contribution in [0.3, 0.4) is 0 Å². The van der Waals surface area contributed by atoms with Gasteiger partial charge in [-0.15, -0.1) is 0 Å². The maximum atomic E-state index is 10.9. The molecular formula is C16H29NO3. The van der Waals surface area contributed by atoms with Crippen LogP contribution in [0.1, 0.15) is 51.4 Å². The van der Waals surface area contributed by atoms with Crippen LogP contribution < -0.4 is 5.32 Å². The van der Waals surface area contributed by atoms with Crippen molar-refractivity contribution in [2.45, 2.75) is 41.0 Å². The number of rotatable bonds is 2. The van der Waals surface area contributed by atoms with Gasteiger partial charge in [0.1, 0.15) is 0 Å². The van der Waals surface area contributed by atoms with Gasteiger partial charge in [-0.1, -0.05) is 52.8 Å². The van der Waals surface area contributed by atoms with Crippen LogP contribution in [-0.2, 0) is 9.53 Å². The first-order valence-electron chi connectivity index (χ1n) is 6.99. The lowest BCUT2D eigenvalue weighted by atomic mass is 10.2. The van der Waals surface area contributed by atoms with Crippen LogP contribution in [-0.4, -0.2) is 26.0 Å². The van der Waals surface area contributed by atoms with Gasteiger partial charge in [0.25, 0.3) is 5.91 Å². The molecule has 1 N–H and O–H groups in total. The summed E-state index contributed by atoms with van der Waals surface area (Å²) in [5, 5.41) is 2.54. The van der Waals surface area contributed by atoms with Crippen LogP contribution >= 0.6 is 0 Å². The molecule has 4 heteroatoms. The Labute approximate surface area is 123 Å². The highest BCUT2D eigenvalue weighted by molar-refractivity contribution is 5.93. The van der Waals surface area contributed by atoms with Gasteiger partial charge < -0.3 is 10.1 Å². The number of nitrogens with one attached hydrogen (secondary N) is 1. The third kappa shape index (κ3) is 14.2. The molecule has 0 aliphatic rings. The van der Waals surface area contributed by atoms with E-state index in [-0.39, 0.29) is 11.9 Å². The lowest BCUT2D eigenvalue weighted by Gasteiger charge is -1.96. The van der Waals surface area contributed by atoms with E-state index >= 15 is 0 Å². The van der Waals surface area contributed by atoms with Crippen LogP contribution in [0.15, 0.2) is 30.3 Å². The molecule has 0 fully saturated rings. The Morgan fingerprint density at radius 1 is 1.05 bits per heavy atom. The average molecular weight is 283 g/mol. The van der Waals surface area contributed by atoms with Crippen LogP contribution in [0.25, 0.3) is 0 Å². The van der Waals surface area contributed by atoms with Gasteiger partial charge in [-0.25, -0.2) is 0 Å². The molecule has 0 radical (unpaired) electrons. The second-order valence-electron chi connectivity index (χ2n) is 2.87. The molecule has 116 valence electrons. The summed E-state index contributed by atoms with van der Waals surface area (Å²) in [6.45, 7) is 9.76. The van der Waals surface area contributed by atoms with E-state index in [9.17, 15) is 9.59 Å². The third-order valence-corrected chi connectivity index (χ3v) is 1.78. The Kier molecular flexibility index (Phi) is 22.7. The Bertz CT molecular complexity index is 318. The number of hydrogen-bond donors (Lipinski definition) is 1. The molecule has 0 saturated carbocycles. The zero-order valence-corrected chi connectivity index (χ0v) is 13.8. The van der Waals surface area contributed by atoms with Crippen molar-refractivity contribution < 1.29 is 14.3 Å². The highest BCUT2D eigenvalue weighted by Crippen LogP contribution is 1.96. The molecule has 0 atom stereocenters. The number of esters is 1. The number of ether oxygens (including phenoxy) is 1. The number of carbonyl (C=O) groups is 2. The third-order valence-electron chi connectivity index (χ3n) is 1.78. The lowest BCUT2D eigenvalue weighted by Crippen LogP contribution is -2.17. The molecule has 0 aliphatic heterocycles. The van der Waals surface area contributed by atoms with Crippen molar-refractivity contribution >= 4 is 11.9 Å². The zero-order valence-electron chi connectivity index (χ0n) is 13.8. The molecule has 0 saturated heterocycles. The number of carbonyl (C=O) groups excluding carboxylic acids is 2. The summed E-state index contributed by atoms with van der Waals surface area (Å²) >= 11 is 0. The van der Waals surface area contributed by atoms with Gasteiger partial charge in [-0.05, 0) is 12.1 Å². The monoisotopic (exact) mass is 283 g/mol. The summed E-state index contributed by atoms with van der Waals surface area (Å²) in [7, 11) is 3.00. The summed E-state index contributed by atoms with van der Waals surface area (Å²) in [4.78, 5) is 20.9. The van der Waals surface area contributed by atoms with Crippen molar-refractivity contribution in [1.29, 1.82) is 0 Å². The minimum absolute atomic E-state index is 0.0411. The van der Waals surface area contributed by atoms with Crippen LogP contribution in [0.2, 0.25) is 0 Å². The van der Waals surface area contributed by atoms with E-state index in [4.69, 9.17) is 0 Å². The highest BCUT2D eigenvalue weighted by Gasteiger charge is 1.97. The molecule has 20 heavy (non-hydrogen) atoms. The summed E-state index contributed by atoms with van der Waals surface area (Å²) in [6.07, 6.45) is 0.469. The van der Waals surface area contributed by atoms with Crippen molar-refractivity contribution in [3.8, 4) is 0 Å². The minimum atomic E-state index is -0.157. The first-order valence-corrected chi connectivity index (χ1v) is 6.99. The van der Waals surface area contributed by atoms with E-state index in [1.54, 1.807) is 26.1 Å². The van der Waals surface area contributed by atoms with E-state index in [2.05, 4.69) is 10.1 Å². The van der Waals surface area contributed by atoms with Crippen molar-refractivity contribution in [2.75, 3.05) is 14.2 Å². The molecule has 0 spiro atoms. The fourth-order valence-electron chi connectivity index (χ4n) is 0.878. The van der Waals surface area contributed by atoms with Gasteiger partial charge in [0, 0.05) is 19.0 Å². The average Bonchev–Trinajstić information content (AvgIpc) is 2.58. The zero-order chi connectivity index (χ0) is 16.4. The second kappa shape index (κ2) is 19.5. The standard InChI is InChI=1S/C8H9NO.C4H8O2.2C2H6/c1-9-8(10)7-5-3-2-4-6-7;1-3-4(5)6-2;2*1-2/h2-6H,1H3,(H,9,10);3H2,1-2H3;2*1-2H3. The molecule has 0 bridgehead atoms. The smallest absolute Gasteiger partial charge is 0.305 e. The molecule has 1 rings (SSSR count). The first-order chi connectivity index (χ1) is 9.65. The summed E-state index contributed by atoms with van der Waals surface area (Å²) in [6, 6.07) is 9.11. The van der Waals surface area contributed by atoms with Crippen LogP contribution in [0.4, 0.5) is 0 Å².